The second kappa shape index (κ2) is 9.97. The Kier molecular flexibility index (Phi) is 6.66. The fourth-order valence-corrected chi connectivity index (χ4v) is 3.23. The van der Waals surface area contributed by atoms with Crippen molar-refractivity contribution in [3.63, 3.8) is 0 Å². The fraction of sp³-hybridized carbons (Fsp3) is 0.0870. The molecule has 4 rings (SSSR count). The molecule has 0 atom stereocenters. The van der Waals surface area contributed by atoms with Gasteiger partial charge in [-0.2, -0.15) is 5.10 Å². The van der Waals surface area contributed by atoms with Crippen LogP contribution in [0.2, 0.25) is 0 Å². The Morgan fingerprint density at radius 2 is 1.72 bits per heavy atom. The summed E-state index contributed by atoms with van der Waals surface area (Å²) in [4.78, 5) is 24.1. The van der Waals surface area contributed by atoms with Crippen LogP contribution in [0.4, 0.5) is 5.69 Å². The summed E-state index contributed by atoms with van der Waals surface area (Å²) in [6.45, 7) is 0.589. The van der Waals surface area contributed by atoms with E-state index in [1.165, 1.54) is 6.21 Å². The molecule has 0 saturated heterocycles. The first-order valence-electron chi connectivity index (χ1n) is 9.59. The first-order valence-corrected chi connectivity index (χ1v) is 10.4. The van der Waals surface area contributed by atoms with E-state index in [1.54, 1.807) is 36.4 Å². The number of hydrogen-bond acceptors (Lipinski definition) is 6. The largest absolute Gasteiger partial charge is 0.489 e. The van der Waals surface area contributed by atoms with E-state index in [1.807, 2.05) is 30.3 Å². The van der Waals surface area contributed by atoms with Gasteiger partial charge in [-0.05, 0) is 57.9 Å². The average Bonchev–Trinajstić information content (AvgIpc) is 3.26. The first-order chi connectivity index (χ1) is 15.6. The summed E-state index contributed by atoms with van der Waals surface area (Å²) in [5.74, 6) is 0.103. The number of nitrogens with zero attached hydrogens (tertiary/aromatic N) is 1. The van der Waals surface area contributed by atoms with Gasteiger partial charge >= 0.3 is 11.8 Å². The number of halogens is 1. The van der Waals surface area contributed by atoms with Crippen molar-refractivity contribution in [1.29, 1.82) is 0 Å². The number of rotatable bonds is 6. The molecule has 2 amide bonds. The van der Waals surface area contributed by atoms with E-state index in [0.717, 1.165) is 5.56 Å². The Labute approximate surface area is 192 Å². The number of amides is 2. The first kappa shape index (κ1) is 21.4. The van der Waals surface area contributed by atoms with E-state index >= 15 is 0 Å². The van der Waals surface area contributed by atoms with E-state index in [4.69, 9.17) is 14.2 Å². The van der Waals surface area contributed by atoms with Gasteiger partial charge in [0.15, 0.2) is 11.5 Å². The van der Waals surface area contributed by atoms with E-state index in [0.29, 0.717) is 39.6 Å². The predicted octanol–water partition coefficient (Wildman–Crippen LogP) is 3.85. The third-order valence-corrected chi connectivity index (χ3v) is 5.12. The molecular weight excluding hydrogens is 478 g/mol. The highest BCUT2D eigenvalue weighted by molar-refractivity contribution is 9.10. The van der Waals surface area contributed by atoms with Gasteiger partial charge in [-0.3, -0.25) is 9.59 Å². The highest BCUT2D eigenvalue weighted by atomic mass is 79.9. The van der Waals surface area contributed by atoms with Crippen LogP contribution < -0.4 is 25.0 Å². The number of carbonyl (C=O) groups is 2. The van der Waals surface area contributed by atoms with Crippen LogP contribution in [0.15, 0.2) is 76.3 Å². The lowest BCUT2D eigenvalue weighted by Gasteiger charge is -2.08. The van der Waals surface area contributed by atoms with Crippen molar-refractivity contribution in [2.45, 2.75) is 6.61 Å². The third-order valence-electron chi connectivity index (χ3n) is 4.43. The number of ether oxygens (including phenoxy) is 3. The summed E-state index contributed by atoms with van der Waals surface area (Å²) in [5.41, 5.74) is 4.36. The Morgan fingerprint density at radius 3 is 2.47 bits per heavy atom. The Balaban J connectivity index is 1.27. The minimum atomic E-state index is -0.900. The highest BCUT2D eigenvalue weighted by Crippen LogP contribution is 2.36. The van der Waals surface area contributed by atoms with E-state index in [9.17, 15) is 9.59 Å². The molecule has 3 aromatic rings. The molecule has 0 bridgehead atoms. The SMILES string of the molecule is O=C(N/N=C\c1cc2c(cc1Br)OCO2)C(=O)Nc1ccc(OCc2ccccc2)cc1. The van der Waals surface area contributed by atoms with Crippen LogP contribution in [0.5, 0.6) is 17.2 Å². The minimum absolute atomic E-state index is 0.152. The monoisotopic (exact) mass is 495 g/mol. The predicted molar refractivity (Wildman–Crippen MR) is 122 cm³/mol. The summed E-state index contributed by atoms with van der Waals surface area (Å²) in [5, 5.41) is 6.34. The second-order valence-electron chi connectivity index (χ2n) is 6.68. The fourth-order valence-electron chi connectivity index (χ4n) is 2.81. The maximum Gasteiger partial charge on any atom is 0.329 e. The van der Waals surface area contributed by atoms with Crippen LogP contribution in [0.3, 0.4) is 0 Å². The van der Waals surface area contributed by atoms with Crippen LogP contribution in [0, 0.1) is 0 Å². The summed E-state index contributed by atoms with van der Waals surface area (Å²) in [6, 6.07) is 20.0. The Morgan fingerprint density at radius 1 is 1.00 bits per heavy atom. The smallest absolute Gasteiger partial charge is 0.329 e. The topological polar surface area (TPSA) is 98.3 Å². The van der Waals surface area contributed by atoms with Crippen molar-refractivity contribution >= 4 is 39.6 Å². The highest BCUT2D eigenvalue weighted by Gasteiger charge is 2.16. The van der Waals surface area contributed by atoms with Gasteiger partial charge in [-0.1, -0.05) is 30.3 Å². The molecule has 32 heavy (non-hydrogen) atoms. The lowest BCUT2D eigenvalue weighted by molar-refractivity contribution is -0.136. The van der Waals surface area contributed by atoms with E-state index in [2.05, 4.69) is 31.8 Å². The molecule has 0 spiro atoms. The van der Waals surface area contributed by atoms with Gasteiger partial charge in [0, 0.05) is 15.7 Å². The molecule has 9 heteroatoms. The molecule has 2 N–H and O–H groups in total. The molecular formula is C23H18BrN3O5. The van der Waals surface area contributed by atoms with E-state index in [-0.39, 0.29) is 6.79 Å². The summed E-state index contributed by atoms with van der Waals surface area (Å²) < 4.78 is 17.0. The van der Waals surface area contributed by atoms with Crippen LogP contribution in [-0.4, -0.2) is 24.8 Å². The lowest BCUT2D eigenvalue weighted by Crippen LogP contribution is -2.32. The molecule has 0 saturated carbocycles. The summed E-state index contributed by atoms with van der Waals surface area (Å²) in [7, 11) is 0. The molecule has 1 heterocycles. The average molecular weight is 496 g/mol. The van der Waals surface area contributed by atoms with Gasteiger partial charge in [0.25, 0.3) is 0 Å². The quantitative estimate of drug-likeness (QED) is 0.307. The molecule has 3 aromatic carbocycles. The molecule has 1 aliphatic rings. The minimum Gasteiger partial charge on any atom is -0.489 e. The maximum absolute atomic E-state index is 12.1. The van der Waals surface area contributed by atoms with Crippen molar-refractivity contribution in [1.82, 2.24) is 5.43 Å². The summed E-state index contributed by atoms with van der Waals surface area (Å²) in [6.07, 6.45) is 1.40. The zero-order valence-corrected chi connectivity index (χ0v) is 18.3. The van der Waals surface area contributed by atoms with Gasteiger partial charge in [0.1, 0.15) is 12.4 Å². The maximum atomic E-state index is 12.1. The Hall–Kier alpha value is -3.85. The summed E-state index contributed by atoms with van der Waals surface area (Å²) >= 11 is 3.39. The number of carbonyl (C=O) groups excluding carboxylic acids is 2. The van der Waals surface area contributed by atoms with Gasteiger partial charge in [-0.25, -0.2) is 5.43 Å². The van der Waals surface area contributed by atoms with Crippen LogP contribution in [0.1, 0.15) is 11.1 Å². The molecule has 0 radical (unpaired) electrons. The standard InChI is InChI=1S/C23H18BrN3O5/c24-19-11-21-20(31-14-32-21)10-16(19)12-25-27-23(29)22(28)26-17-6-8-18(9-7-17)30-13-15-4-2-1-3-5-15/h1-12H,13-14H2,(H,26,28)(H,27,29)/b25-12-. The molecule has 8 nitrogen and oxygen atoms in total. The zero-order valence-electron chi connectivity index (χ0n) is 16.7. The van der Waals surface area contributed by atoms with E-state index < -0.39 is 11.8 Å². The molecule has 1 aliphatic heterocycles. The number of nitrogens with one attached hydrogen (secondary N) is 2. The van der Waals surface area contributed by atoms with Crippen molar-refractivity contribution in [2.75, 3.05) is 12.1 Å². The third kappa shape index (κ3) is 5.44. The van der Waals surface area contributed by atoms with Crippen molar-refractivity contribution in [2.24, 2.45) is 5.10 Å². The normalized spacial score (nSPS) is 11.9. The molecule has 0 fully saturated rings. The Bertz CT molecular complexity index is 1150. The number of hydrazone groups is 1. The van der Waals surface area contributed by atoms with Gasteiger partial charge in [0.2, 0.25) is 6.79 Å². The number of anilines is 1. The van der Waals surface area contributed by atoms with Crippen LogP contribution in [-0.2, 0) is 16.2 Å². The lowest BCUT2D eigenvalue weighted by atomic mass is 10.2. The second-order valence-corrected chi connectivity index (χ2v) is 7.53. The van der Waals surface area contributed by atoms with Crippen LogP contribution in [0.25, 0.3) is 0 Å². The van der Waals surface area contributed by atoms with Crippen LogP contribution >= 0.6 is 15.9 Å². The zero-order chi connectivity index (χ0) is 22.3. The van der Waals surface area contributed by atoms with Gasteiger partial charge < -0.3 is 19.5 Å². The van der Waals surface area contributed by atoms with Crippen molar-refractivity contribution in [3.05, 3.63) is 82.3 Å². The molecule has 0 aromatic heterocycles. The number of benzene rings is 3. The number of hydrogen-bond donors (Lipinski definition) is 2. The van der Waals surface area contributed by atoms with Gasteiger partial charge in [0.05, 0.1) is 6.21 Å². The van der Waals surface area contributed by atoms with Gasteiger partial charge in [-0.15, -0.1) is 0 Å². The van der Waals surface area contributed by atoms with Crippen molar-refractivity contribution < 1.29 is 23.8 Å². The van der Waals surface area contributed by atoms with Crippen molar-refractivity contribution in [3.8, 4) is 17.2 Å². The molecule has 162 valence electrons. The number of fused-ring (bicyclic) bond motifs is 1. The molecule has 0 aliphatic carbocycles. The molecule has 0 unspecified atom stereocenters.